The second-order valence-corrected chi connectivity index (χ2v) is 11.4. The first-order valence-corrected chi connectivity index (χ1v) is 15.3. The smallest absolute Gasteiger partial charge is 0.159 e. The van der Waals surface area contributed by atoms with E-state index in [1.54, 1.807) is 0 Å². The SMILES string of the molecule is [2H]c1c([2H])c([2H])c(-c2cc3oc4c(N(c5ccc(-c6ccccc6)cc5)c5ccc6ccccc6c5)cccc4c3c3ccccc23)c([2H])c1[2H]. The van der Waals surface area contributed by atoms with E-state index in [0.29, 0.717) is 16.7 Å². The second kappa shape index (κ2) is 10.8. The Kier molecular flexibility index (Phi) is 5.06. The monoisotopic (exact) mass is 592 g/mol. The van der Waals surface area contributed by atoms with Crippen LogP contribution in [0.1, 0.15) is 6.85 Å². The highest BCUT2D eigenvalue weighted by Crippen LogP contribution is 2.46. The highest BCUT2D eigenvalue weighted by Gasteiger charge is 2.21. The summed E-state index contributed by atoms with van der Waals surface area (Å²) in [5.41, 5.74) is 6.96. The van der Waals surface area contributed by atoms with Crippen LogP contribution in [0.25, 0.3) is 65.7 Å². The summed E-state index contributed by atoms with van der Waals surface area (Å²) in [6.45, 7) is 0. The van der Waals surface area contributed by atoms with Crippen LogP contribution in [0.2, 0.25) is 0 Å². The third-order valence-corrected chi connectivity index (χ3v) is 8.72. The standard InChI is InChI=1S/C44H29NO/c1-3-12-30(13-4-1)32-22-25-35(26-23-32)45(36-27-24-31-14-7-8-17-34(31)28-36)41-21-11-20-39-43-38-19-10-9-18-37(38)40(29-42(43)46-44(39)41)33-15-5-2-6-16-33/h1-29H/i2D,5D,6D,15D,16D. The molecule has 2 heteroatoms. The lowest BCUT2D eigenvalue weighted by atomic mass is 9.95. The lowest BCUT2D eigenvalue weighted by Crippen LogP contribution is -2.10. The van der Waals surface area contributed by atoms with E-state index in [1.807, 2.05) is 66.7 Å². The van der Waals surface area contributed by atoms with E-state index in [4.69, 9.17) is 11.3 Å². The van der Waals surface area contributed by atoms with E-state index >= 15 is 0 Å². The molecule has 1 aromatic heterocycles. The zero-order valence-corrected chi connectivity index (χ0v) is 24.7. The number of fused-ring (bicyclic) bond motifs is 6. The van der Waals surface area contributed by atoms with Crippen LogP contribution in [0, 0.1) is 0 Å². The lowest BCUT2D eigenvalue weighted by Gasteiger charge is -2.26. The highest BCUT2D eigenvalue weighted by atomic mass is 16.3. The van der Waals surface area contributed by atoms with Gasteiger partial charge in [-0.2, -0.15) is 0 Å². The van der Waals surface area contributed by atoms with Gasteiger partial charge < -0.3 is 9.32 Å². The molecule has 9 aromatic rings. The van der Waals surface area contributed by atoms with Gasteiger partial charge in [-0.3, -0.25) is 0 Å². The van der Waals surface area contributed by atoms with Gasteiger partial charge in [0.15, 0.2) is 5.58 Å². The van der Waals surface area contributed by atoms with Crippen molar-refractivity contribution in [3.63, 3.8) is 0 Å². The molecule has 0 atom stereocenters. The van der Waals surface area contributed by atoms with Gasteiger partial charge in [-0.1, -0.05) is 139 Å². The molecular weight excluding hydrogens is 558 g/mol. The molecule has 8 aromatic carbocycles. The first-order chi connectivity index (χ1) is 24.9. The number of hydrogen-bond acceptors (Lipinski definition) is 2. The molecule has 0 N–H and O–H groups in total. The molecule has 2 nitrogen and oxygen atoms in total. The predicted octanol–water partition coefficient (Wildman–Crippen LogP) is 12.7. The molecule has 0 amide bonds. The molecule has 46 heavy (non-hydrogen) atoms. The van der Waals surface area contributed by atoms with Crippen LogP contribution in [-0.2, 0) is 0 Å². The highest BCUT2D eigenvalue weighted by molar-refractivity contribution is 6.23. The van der Waals surface area contributed by atoms with E-state index in [1.165, 1.54) is 0 Å². The minimum Gasteiger partial charge on any atom is -0.454 e. The molecule has 216 valence electrons. The molecule has 0 aliphatic rings. The molecule has 0 aliphatic carbocycles. The number of hydrogen-bond donors (Lipinski definition) is 0. The third-order valence-electron chi connectivity index (χ3n) is 8.72. The molecule has 1 heterocycles. The minimum absolute atomic E-state index is 0.149. The fourth-order valence-electron chi connectivity index (χ4n) is 6.59. The number of benzene rings is 8. The van der Waals surface area contributed by atoms with Crippen LogP contribution in [0.3, 0.4) is 0 Å². The Hall–Kier alpha value is -6.12. The molecule has 0 bridgehead atoms. The largest absolute Gasteiger partial charge is 0.454 e. The predicted molar refractivity (Wildman–Crippen MR) is 194 cm³/mol. The summed E-state index contributed by atoms with van der Waals surface area (Å²) >= 11 is 0. The van der Waals surface area contributed by atoms with Gasteiger partial charge in [0.05, 0.1) is 12.5 Å². The lowest BCUT2D eigenvalue weighted by molar-refractivity contribution is 0.669. The number of rotatable bonds is 5. The van der Waals surface area contributed by atoms with Crippen LogP contribution in [-0.4, -0.2) is 0 Å². The summed E-state index contributed by atoms with van der Waals surface area (Å²) in [6.07, 6.45) is 0. The van der Waals surface area contributed by atoms with Crippen LogP contribution in [0.15, 0.2) is 180 Å². The average Bonchev–Trinajstić information content (AvgIpc) is 3.56. The average molecular weight is 593 g/mol. The van der Waals surface area contributed by atoms with Gasteiger partial charge in [-0.25, -0.2) is 0 Å². The number of para-hydroxylation sites is 1. The summed E-state index contributed by atoms with van der Waals surface area (Å²) in [4.78, 5) is 2.21. The molecule has 0 saturated carbocycles. The summed E-state index contributed by atoms with van der Waals surface area (Å²) < 4.78 is 49.2. The van der Waals surface area contributed by atoms with Crippen molar-refractivity contribution in [3.8, 4) is 22.3 Å². The summed E-state index contributed by atoms with van der Waals surface area (Å²) in [6, 6.07) is 47.7. The van der Waals surface area contributed by atoms with Crippen LogP contribution < -0.4 is 4.90 Å². The van der Waals surface area contributed by atoms with Gasteiger partial charge in [0, 0.05) is 22.1 Å². The molecule has 0 unspecified atom stereocenters. The van der Waals surface area contributed by atoms with Crippen LogP contribution >= 0.6 is 0 Å². The molecular formula is C44H29NO. The van der Waals surface area contributed by atoms with E-state index in [2.05, 4.69) is 83.8 Å². The maximum atomic E-state index is 8.76. The summed E-state index contributed by atoms with van der Waals surface area (Å²) in [5.74, 6) is 0. The number of anilines is 3. The minimum atomic E-state index is -0.418. The first-order valence-electron chi connectivity index (χ1n) is 17.8. The maximum absolute atomic E-state index is 8.76. The summed E-state index contributed by atoms with van der Waals surface area (Å²) in [5, 5.41) is 5.73. The fourth-order valence-corrected chi connectivity index (χ4v) is 6.59. The van der Waals surface area contributed by atoms with E-state index in [0.717, 1.165) is 60.5 Å². The van der Waals surface area contributed by atoms with Crippen molar-refractivity contribution in [1.82, 2.24) is 0 Å². The molecule has 0 fully saturated rings. The van der Waals surface area contributed by atoms with Gasteiger partial charge in [0.25, 0.3) is 0 Å². The van der Waals surface area contributed by atoms with Crippen molar-refractivity contribution in [3.05, 3.63) is 176 Å². The Balaban J connectivity index is 1.31. The topological polar surface area (TPSA) is 16.4 Å². The van der Waals surface area contributed by atoms with Crippen molar-refractivity contribution < 1.29 is 11.3 Å². The van der Waals surface area contributed by atoms with Crippen LogP contribution in [0.5, 0.6) is 0 Å². The van der Waals surface area contributed by atoms with Crippen molar-refractivity contribution in [1.29, 1.82) is 0 Å². The van der Waals surface area contributed by atoms with Gasteiger partial charge in [-0.05, 0) is 80.2 Å². The number of furan rings is 1. The van der Waals surface area contributed by atoms with Gasteiger partial charge in [0.2, 0.25) is 0 Å². The Labute approximate surface area is 274 Å². The molecule has 0 radical (unpaired) electrons. The molecule has 0 aliphatic heterocycles. The normalized spacial score (nSPS) is 13.0. The Bertz CT molecular complexity index is 2780. The van der Waals surface area contributed by atoms with Crippen molar-refractivity contribution >= 4 is 60.5 Å². The zero-order chi connectivity index (χ0) is 34.8. The van der Waals surface area contributed by atoms with Crippen molar-refractivity contribution in [2.45, 2.75) is 0 Å². The summed E-state index contributed by atoms with van der Waals surface area (Å²) in [7, 11) is 0. The quantitative estimate of drug-likeness (QED) is 0.198. The maximum Gasteiger partial charge on any atom is 0.159 e. The number of nitrogens with zero attached hydrogens (tertiary/aromatic N) is 1. The molecule has 0 spiro atoms. The van der Waals surface area contributed by atoms with Crippen molar-refractivity contribution in [2.24, 2.45) is 0 Å². The van der Waals surface area contributed by atoms with E-state index in [-0.39, 0.29) is 29.7 Å². The first kappa shape index (κ1) is 21.6. The second-order valence-electron chi connectivity index (χ2n) is 11.4. The fraction of sp³-hybridized carbons (Fsp3) is 0. The van der Waals surface area contributed by atoms with Gasteiger partial charge >= 0.3 is 0 Å². The Morgan fingerprint density at radius 2 is 1.15 bits per heavy atom. The Morgan fingerprint density at radius 1 is 0.478 bits per heavy atom. The van der Waals surface area contributed by atoms with E-state index in [9.17, 15) is 0 Å². The Morgan fingerprint density at radius 3 is 1.98 bits per heavy atom. The van der Waals surface area contributed by atoms with Gasteiger partial charge in [-0.15, -0.1) is 0 Å². The zero-order valence-electron chi connectivity index (χ0n) is 29.7. The van der Waals surface area contributed by atoms with Crippen LogP contribution in [0.4, 0.5) is 17.1 Å². The van der Waals surface area contributed by atoms with Crippen molar-refractivity contribution in [2.75, 3.05) is 4.90 Å². The van der Waals surface area contributed by atoms with Gasteiger partial charge in [0.1, 0.15) is 5.58 Å². The molecule has 9 rings (SSSR count). The molecule has 0 saturated heterocycles. The third kappa shape index (κ3) is 4.35. The van der Waals surface area contributed by atoms with E-state index < -0.39 is 6.04 Å².